The molecule has 0 radical (unpaired) electrons. The van der Waals surface area contributed by atoms with E-state index in [1.807, 2.05) is 35.8 Å². The molecule has 0 saturated heterocycles. The number of hydrogen-bond acceptors (Lipinski definition) is 5. The van der Waals surface area contributed by atoms with Crippen molar-refractivity contribution < 1.29 is 18.3 Å². The molecule has 4 aromatic rings. The third-order valence-electron chi connectivity index (χ3n) is 5.34. The summed E-state index contributed by atoms with van der Waals surface area (Å²) in [6, 6.07) is 11.0. The van der Waals surface area contributed by atoms with E-state index in [4.69, 9.17) is 5.73 Å². The lowest BCUT2D eigenvalue weighted by atomic mass is 10.1. The van der Waals surface area contributed by atoms with Gasteiger partial charge in [0.2, 0.25) is 0 Å². The van der Waals surface area contributed by atoms with Crippen molar-refractivity contribution in [2.45, 2.75) is 25.7 Å². The number of anilines is 1. The lowest BCUT2D eigenvalue weighted by Gasteiger charge is -2.14. The SMILES string of the molecule is Cc1cc(-n2cnc3c(NCCC(F)(F)F)cc(-c4ccnn4C)cc32)ccc1C(N)O. The average molecular weight is 444 g/mol. The molecule has 0 aliphatic heterocycles. The molecule has 32 heavy (non-hydrogen) atoms. The topological polar surface area (TPSA) is 93.9 Å². The standard InChI is InChI=1S/C22H23F3N6O/c1-13-9-15(3-4-16(13)21(26)32)31-12-28-20-17(27-8-6-22(23,24)25)10-14(11-19(20)31)18-5-7-29-30(18)2/h3-5,7,9-12,21,27,32H,6,8,26H2,1-2H3. The Morgan fingerprint density at radius 3 is 2.59 bits per heavy atom. The van der Waals surface area contributed by atoms with Gasteiger partial charge in [0.1, 0.15) is 18.1 Å². The van der Waals surface area contributed by atoms with Crippen molar-refractivity contribution >= 4 is 16.7 Å². The van der Waals surface area contributed by atoms with Gasteiger partial charge in [0.15, 0.2) is 0 Å². The van der Waals surface area contributed by atoms with Gasteiger partial charge in [-0.2, -0.15) is 18.3 Å². The number of nitrogens with two attached hydrogens (primary N) is 1. The Morgan fingerprint density at radius 2 is 1.97 bits per heavy atom. The van der Waals surface area contributed by atoms with E-state index in [-0.39, 0.29) is 6.54 Å². The van der Waals surface area contributed by atoms with E-state index in [1.165, 1.54) is 0 Å². The van der Waals surface area contributed by atoms with Gasteiger partial charge in [-0.25, -0.2) is 4.98 Å². The monoisotopic (exact) mass is 444 g/mol. The van der Waals surface area contributed by atoms with Crippen LogP contribution in [-0.4, -0.2) is 37.2 Å². The normalized spacial score (nSPS) is 13.0. The summed E-state index contributed by atoms with van der Waals surface area (Å²) in [6.45, 7) is 1.59. The van der Waals surface area contributed by atoms with Crippen LogP contribution in [0, 0.1) is 6.92 Å². The smallest absolute Gasteiger partial charge is 0.383 e. The lowest BCUT2D eigenvalue weighted by Crippen LogP contribution is -2.14. The van der Waals surface area contributed by atoms with Crippen LogP contribution in [0.5, 0.6) is 0 Å². The molecule has 7 nitrogen and oxygen atoms in total. The number of aromatic nitrogens is 4. The molecule has 1 atom stereocenters. The van der Waals surface area contributed by atoms with Crippen LogP contribution >= 0.6 is 0 Å². The molecule has 0 bridgehead atoms. The predicted octanol–water partition coefficient (Wildman–Crippen LogP) is 4.05. The number of nitrogens with zero attached hydrogens (tertiary/aromatic N) is 4. The summed E-state index contributed by atoms with van der Waals surface area (Å²) in [5, 5.41) is 16.8. The van der Waals surface area contributed by atoms with Crippen LogP contribution in [-0.2, 0) is 7.05 Å². The van der Waals surface area contributed by atoms with E-state index in [0.717, 1.165) is 28.0 Å². The van der Waals surface area contributed by atoms with E-state index in [0.29, 0.717) is 16.8 Å². The number of nitrogens with one attached hydrogen (secondary N) is 1. The fourth-order valence-corrected chi connectivity index (χ4v) is 3.74. The van der Waals surface area contributed by atoms with Gasteiger partial charge in [0.05, 0.1) is 23.3 Å². The molecular weight excluding hydrogens is 421 g/mol. The molecule has 0 aliphatic rings. The van der Waals surface area contributed by atoms with Crippen molar-refractivity contribution in [3.05, 3.63) is 60.0 Å². The fraction of sp³-hybridized carbons (Fsp3) is 0.273. The minimum Gasteiger partial charge on any atom is -0.383 e. The van der Waals surface area contributed by atoms with E-state index in [9.17, 15) is 18.3 Å². The Kier molecular flexibility index (Phi) is 5.66. The summed E-state index contributed by atoms with van der Waals surface area (Å²) in [6.07, 6.45) is -3.00. The number of hydrogen-bond donors (Lipinski definition) is 3. The molecule has 0 amide bonds. The maximum atomic E-state index is 12.7. The van der Waals surface area contributed by atoms with Gasteiger partial charge in [-0.15, -0.1) is 0 Å². The summed E-state index contributed by atoms with van der Waals surface area (Å²) in [5.74, 6) is 0. The van der Waals surface area contributed by atoms with Crippen LogP contribution in [0.3, 0.4) is 0 Å². The molecule has 0 aliphatic carbocycles. The number of halogens is 3. The Hall–Kier alpha value is -3.37. The van der Waals surface area contributed by atoms with Crippen LogP contribution in [0.25, 0.3) is 28.0 Å². The highest BCUT2D eigenvalue weighted by Crippen LogP contribution is 2.32. The van der Waals surface area contributed by atoms with Gasteiger partial charge in [0, 0.05) is 31.0 Å². The summed E-state index contributed by atoms with van der Waals surface area (Å²) in [4.78, 5) is 4.46. The third kappa shape index (κ3) is 4.32. The largest absolute Gasteiger partial charge is 0.390 e. The number of aryl methyl sites for hydroxylation is 2. The van der Waals surface area contributed by atoms with E-state index < -0.39 is 18.8 Å². The number of rotatable bonds is 6. The summed E-state index contributed by atoms with van der Waals surface area (Å²) < 4.78 is 41.6. The van der Waals surface area contributed by atoms with Gasteiger partial charge < -0.3 is 16.2 Å². The molecule has 4 N–H and O–H groups in total. The fourth-order valence-electron chi connectivity index (χ4n) is 3.74. The van der Waals surface area contributed by atoms with Gasteiger partial charge in [-0.3, -0.25) is 9.25 Å². The summed E-state index contributed by atoms with van der Waals surface area (Å²) in [5.41, 5.74) is 11.2. The first-order chi connectivity index (χ1) is 15.1. The quantitative estimate of drug-likeness (QED) is 0.390. The first-order valence-corrected chi connectivity index (χ1v) is 9.99. The lowest BCUT2D eigenvalue weighted by molar-refractivity contribution is -0.131. The van der Waals surface area contributed by atoms with Crippen molar-refractivity contribution in [2.24, 2.45) is 12.8 Å². The van der Waals surface area contributed by atoms with Gasteiger partial charge in [-0.05, 0) is 48.4 Å². The number of imidazole rings is 1. The summed E-state index contributed by atoms with van der Waals surface area (Å²) in [7, 11) is 1.80. The Labute approximate surface area is 182 Å². The van der Waals surface area contributed by atoms with Crippen molar-refractivity contribution in [2.75, 3.05) is 11.9 Å². The Morgan fingerprint density at radius 1 is 1.19 bits per heavy atom. The molecule has 0 saturated carbocycles. The first kappa shape index (κ1) is 21.8. The first-order valence-electron chi connectivity index (χ1n) is 9.99. The minimum absolute atomic E-state index is 0.261. The van der Waals surface area contributed by atoms with E-state index >= 15 is 0 Å². The second-order valence-corrected chi connectivity index (χ2v) is 7.62. The van der Waals surface area contributed by atoms with Crippen LogP contribution in [0.2, 0.25) is 0 Å². The second-order valence-electron chi connectivity index (χ2n) is 7.62. The van der Waals surface area contributed by atoms with Crippen LogP contribution in [0.15, 0.2) is 48.9 Å². The Bertz CT molecular complexity index is 1260. The van der Waals surface area contributed by atoms with Gasteiger partial charge >= 0.3 is 6.18 Å². The highest BCUT2D eigenvalue weighted by molar-refractivity contribution is 5.94. The molecule has 2 heterocycles. The van der Waals surface area contributed by atoms with Crippen molar-refractivity contribution in [1.29, 1.82) is 0 Å². The maximum Gasteiger partial charge on any atom is 0.390 e. The van der Waals surface area contributed by atoms with E-state index in [1.54, 1.807) is 36.4 Å². The number of aliphatic hydroxyl groups is 1. The van der Waals surface area contributed by atoms with Gasteiger partial charge in [-0.1, -0.05) is 6.07 Å². The third-order valence-corrected chi connectivity index (χ3v) is 5.34. The Balaban J connectivity index is 1.83. The highest BCUT2D eigenvalue weighted by atomic mass is 19.4. The molecule has 2 aromatic heterocycles. The summed E-state index contributed by atoms with van der Waals surface area (Å²) >= 11 is 0. The maximum absolute atomic E-state index is 12.7. The van der Waals surface area contributed by atoms with Crippen molar-refractivity contribution in [3.63, 3.8) is 0 Å². The number of aliphatic hydroxyl groups excluding tert-OH is 1. The molecule has 4 rings (SSSR count). The van der Waals surface area contributed by atoms with Gasteiger partial charge in [0.25, 0.3) is 0 Å². The zero-order chi connectivity index (χ0) is 23.0. The predicted molar refractivity (Wildman–Crippen MR) is 116 cm³/mol. The number of benzene rings is 2. The minimum atomic E-state index is -4.25. The van der Waals surface area contributed by atoms with Crippen LogP contribution in [0.1, 0.15) is 23.8 Å². The zero-order valence-electron chi connectivity index (χ0n) is 17.6. The molecule has 2 aromatic carbocycles. The second kappa shape index (κ2) is 8.29. The molecule has 1 unspecified atom stereocenters. The molecule has 10 heteroatoms. The molecular formula is C22H23F3N6O. The average Bonchev–Trinajstić information content (AvgIpc) is 3.32. The molecule has 168 valence electrons. The molecule has 0 fully saturated rings. The number of alkyl halides is 3. The van der Waals surface area contributed by atoms with Crippen LogP contribution < -0.4 is 11.1 Å². The van der Waals surface area contributed by atoms with Crippen LogP contribution in [0.4, 0.5) is 18.9 Å². The molecule has 0 spiro atoms. The zero-order valence-corrected chi connectivity index (χ0v) is 17.6. The van der Waals surface area contributed by atoms with E-state index in [2.05, 4.69) is 15.4 Å². The van der Waals surface area contributed by atoms with Crippen molar-refractivity contribution in [3.8, 4) is 16.9 Å². The highest BCUT2D eigenvalue weighted by Gasteiger charge is 2.26. The van der Waals surface area contributed by atoms with Crippen molar-refractivity contribution in [1.82, 2.24) is 19.3 Å². The number of fused-ring (bicyclic) bond motifs is 1.